The topological polar surface area (TPSA) is 117 Å². The molecule has 3 heterocycles. The molecule has 170 valence electrons. The molecule has 3 N–H and O–H groups in total. The van der Waals surface area contributed by atoms with E-state index in [1.807, 2.05) is 36.4 Å². The first-order valence-corrected chi connectivity index (χ1v) is 10.8. The number of rotatable bonds is 7. The number of benzene rings is 2. The van der Waals surface area contributed by atoms with E-state index in [4.69, 9.17) is 4.74 Å². The summed E-state index contributed by atoms with van der Waals surface area (Å²) in [6, 6.07) is 20.2. The lowest BCUT2D eigenvalue weighted by Crippen LogP contribution is -2.33. The number of imidazole rings is 1. The first kappa shape index (κ1) is 21.5. The second-order valence-corrected chi connectivity index (χ2v) is 8.08. The molecule has 0 amide bonds. The fraction of sp³-hybridized carbons (Fsp3) is 0.292. The second kappa shape index (κ2) is 9.24. The van der Waals surface area contributed by atoms with E-state index >= 15 is 0 Å². The lowest BCUT2D eigenvalue weighted by molar-refractivity contribution is -0.0511. The van der Waals surface area contributed by atoms with Crippen LogP contribution in [0.2, 0.25) is 0 Å². The molecule has 0 unspecified atom stereocenters. The Morgan fingerprint density at radius 3 is 2.06 bits per heavy atom. The van der Waals surface area contributed by atoms with E-state index in [2.05, 4.69) is 44.1 Å². The molecule has 4 atom stereocenters. The molecule has 9 nitrogen and oxygen atoms in total. The molecule has 1 saturated heterocycles. The van der Waals surface area contributed by atoms with Gasteiger partial charge in [0.25, 0.3) is 0 Å². The third-order valence-corrected chi connectivity index (χ3v) is 5.86. The standard InChI is InChI=1S/C24H25N5O4/c30-13-18-20(31)21(32)24(33-18)29-15-27-19-22(25-14-26-23(19)29)28(11-16-7-3-1-4-8-16)12-17-9-5-2-6-10-17/h1-10,14-15,18,20-21,24,30-32H,11-13H2/t18-,20-,21-,24-/m1/s1. The van der Waals surface area contributed by atoms with E-state index in [0.29, 0.717) is 30.1 Å². The monoisotopic (exact) mass is 447 g/mol. The van der Waals surface area contributed by atoms with E-state index in [-0.39, 0.29) is 0 Å². The smallest absolute Gasteiger partial charge is 0.167 e. The zero-order chi connectivity index (χ0) is 22.8. The molecule has 9 heteroatoms. The van der Waals surface area contributed by atoms with Crippen LogP contribution >= 0.6 is 0 Å². The number of aliphatic hydroxyl groups excluding tert-OH is 3. The Hall–Kier alpha value is -3.37. The molecule has 5 rings (SSSR count). The van der Waals surface area contributed by atoms with E-state index in [9.17, 15) is 15.3 Å². The number of hydrogen-bond acceptors (Lipinski definition) is 8. The van der Waals surface area contributed by atoms with Gasteiger partial charge in [0.2, 0.25) is 0 Å². The van der Waals surface area contributed by atoms with Crippen molar-refractivity contribution in [2.45, 2.75) is 37.6 Å². The molecule has 0 radical (unpaired) electrons. The van der Waals surface area contributed by atoms with Crippen LogP contribution in [0.15, 0.2) is 73.3 Å². The highest BCUT2D eigenvalue weighted by Crippen LogP contribution is 2.33. The van der Waals surface area contributed by atoms with Gasteiger partial charge in [0.1, 0.15) is 24.6 Å². The molecule has 1 aliphatic heterocycles. The van der Waals surface area contributed by atoms with Gasteiger partial charge in [-0.05, 0) is 11.1 Å². The van der Waals surface area contributed by atoms with Gasteiger partial charge in [-0.25, -0.2) is 15.0 Å². The molecule has 1 aliphatic rings. The maximum atomic E-state index is 10.5. The summed E-state index contributed by atoms with van der Waals surface area (Å²) in [5.74, 6) is 0.651. The summed E-state index contributed by atoms with van der Waals surface area (Å²) in [4.78, 5) is 15.6. The largest absolute Gasteiger partial charge is 0.394 e. The Labute approximate surface area is 190 Å². The first-order chi connectivity index (χ1) is 16.2. The third-order valence-electron chi connectivity index (χ3n) is 5.86. The molecule has 0 spiro atoms. The molecule has 0 aliphatic carbocycles. The van der Waals surface area contributed by atoms with Crippen LogP contribution < -0.4 is 4.90 Å². The van der Waals surface area contributed by atoms with E-state index in [1.165, 1.54) is 12.7 Å². The quantitative estimate of drug-likeness (QED) is 0.392. The van der Waals surface area contributed by atoms with Crippen LogP contribution in [-0.2, 0) is 17.8 Å². The summed E-state index contributed by atoms with van der Waals surface area (Å²) < 4.78 is 7.25. The number of aromatic nitrogens is 4. The highest BCUT2D eigenvalue weighted by Gasteiger charge is 2.44. The third kappa shape index (κ3) is 4.19. The van der Waals surface area contributed by atoms with E-state index in [0.717, 1.165) is 11.1 Å². The molecule has 1 fully saturated rings. The summed E-state index contributed by atoms with van der Waals surface area (Å²) in [6.45, 7) is 0.828. The maximum Gasteiger partial charge on any atom is 0.167 e. The van der Waals surface area contributed by atoms with Gasteiger partial charge >= 0.3 is 0 Å². The minimum atomic E-state index is -1.22. The van der Waals surface area contributed by atoms with Gasteiger partial charge in [0, 0.05) is 13.1 Å². The summed E-state index contributed by atoms with van der Waals surface area (Å²) in [5, 5.41) is 30.1. The summed E-state index contributed by atoms with van der Waals surface area (Å²) in [5.41, 5.74) is 3.29. The van der Waals surface area contributed by atoms with Crippen molar-refractivity contribution in [3.63, 3.8) is 0 Å². The molecule has 33 heavy (non-hydrogen) atoms. The molecule has 0 saturated carbocycles. The minimum absolute atomic E-state index is 0.399. The van der Waals surface area contributed by atoms with Gasteiger partial charge in [-0.2, -0.15) is 0 Å². The number of nitrogens with zero attached hydrogens (tertiary/aromatic N) is 5. The Balaban J connectivity index is 1.53. The Bertz CT molecular complexity index is 1160. The lowest BCUT2D eigenvalue weighted by atomic mass is 10.1. The van der Waals surface area contributed by atoms with Crippen molar-refractivity contribution >= 4 is 17.0 Å². The van der Waals surface area contributed by atoms with Crippen molar-refractivity contribution < 1.29 is 20.1 Å². The van der Waals surface area contributed by atoms with Crippen LogP contribution in [0, 0.1) is 0 Å². The fourth-order valence-electron chi connectivity index (χ4n) is 4.18. The highest BCUT2D eigenvalue weighted by atomic mass is 16.6. The Morgan fingerprint density at radius 2 is 1.48 bits per heavy atom. The molecular weight excluding hydrogens is 422 g/mol. The SMILES string of the molecule is OC[C@H]1O[C@@H](n2cnc3c(N(Cc4ccccc4)Cc4ccccc4)ncnc32)[C@H](O)[C@@H]1O. The van der Waals surface area contributed by atoms with Crippen LogP contribution in [-0.4, -0.2) is 59.8 Å². The number of hydrogen-bond donors (Lipinski definition) is 3. The maximum absolute atomic E-state index is 10.5. The number of anilines is 1. The van der Waals surface area contributed by atoms with Crippen molar-refractivity contribution in [3.05, 3.63) is 84.4 Å². The van der Waals surface area contributed by atoms with E-state index < -0.39 is 31.1 Å². The molecule has 4 aromatic rings. The zero-order valence-corrected chi connectivity index (χ0v) is 17.8. The fourth-order valence-corrected chi connectivity index (χ4v) is 4.18. The van der Waals surface area contributed by atoms with Crippen LogP contribution in [0.1, 0.15) is 17.4 Å². The van der Waals surface area contributed by atoms with Gasteiger partial charge in [0.15, 0.2) is 23.2 Å². The average molecular weight is 447 g/mol. The van der Waals surface area contributed by atoms with Gasteiger partial charge in [-0.1, -0.05) is 60.7 Å². The molecule has 0 bridgehead atoms. The van der Waals surface area contributed by atoms with E-state index in [1.54, 1.807) is 4.57 Å². The second-order valence-electron chi connectivity index (χ2n) is 8.08. The normalized spacial score (nSPS) is 22.6. The predicted octanol–water partition coefficient (Wildman–Crippen LogP) is 1.64. The molecular formula is C24H25N5O4. The number of aliphatic hydroxyl groups is 3. The molecule has 2 aromatic carbocycles. The van der Waals surface area contributed by atoms with Crippen molar-refractivity contribution in [3.8, 4) is 0 Å². The molecule has 2 aromatic heterocycles. The summed E-state index contributed by atoms with van der Waals surface area (Å²) in [6.07, 6.45) is -1.24. The zero-order valence-electron chi connectivity index (χ0n) is 17.8. The van der Waals surface area contributed by atoms with Gasteiger partial charge in [0.05, 0.1) is 12.9 Å². The van der Waals surface area contributed by atoms with Gasteiger partial charge in [-0.15, -0.1) is 0 Å². The highest BCUT2D eigenvalue weighted by molar-refractivity contribution is 5.83. The Kier molecular flexibility index (Phi) is 6.01. The van der Waals surface area contributed by atoms with Gasteiger partial charge < -0.3 is 25.0 Å². The summed E-state index contributed by atoms with van der Waals surface area (Å²) >= 11 is 0. The van der Waals surface area contributed by atoms with Crippen molar-refractivity contribution in [2.24, 2.45) is 0 Å². The first-order valence-electron chi connectivity index (χ1n) is 10.8. The van der Waals surface area contributed by atoms with Crippen LogP contribution in [0.5, 0.6) is 0 Å². The predicted molar refractivity (Wildman–Crippen MR) is 121 cm³/mol. The lowest BCUT2D eigenvalue weighted by Gasteiger charge is -2.24. The number of ether oxygens (including phenoxy) is 1. The van der Waals surface area contributed by atoms with Crippen LogP contribution in [0.25, 0.3) is 11.2 Å². The van der Waals surface area contributed by atoms with Crippen molar-refractivity contribution in [1.82, 2.24) is 19.5 Å². The average Bonchev–Trinajstić information content (AvgIpc) is 3.40. The van der Waals surface area contributed by atoms with Crippen molar-refractivity contribution in [1.29, 1.82) is 0 Å². The van der Waals surface area contributed by atoms with Crippen molar-refractivity contribution in [2.75, 3.05) is 11.5 Å². The van der Waals surface area contributed by atoms with Crippen LogP contribution in [0.3, 0.4) is 0 Å². The van der Waals surface area contributed by atoms with Gasteiger partial charge in [-0.3, -0.25) is 4.57 Å². The number of fused-ring (bicyclic) bond motifs is 1. The summed E-state index contributed by atoms with van der Waals surface area (Å²) in [7, 11) is 0. The minimum Gasteiger partial charge on any atom is -0.394 e. The Morgan fingerprint density at radius 1 is 0.848 bits per heavy atom. The van der Waals surface area contributed by atoms with Crippen LogP contribution in [0.4, 0.5) is 5.82 Å².